The van der Waals surface area contributed by atoms with Gasteiger partial charge >= 0.3 is 0 Å². The highest BCUT2D eigenvalue weighted by Crippen LogP contribution is 2.14. The number of hydrogen-bond donors (Lipinski definition) is 0. The van der Waals surface area contributed by atoms with Crippen LogP contribution in [0.4, 0.5) is 0 Å². The Morgan fingerprint density at radius 3 is 2.33 bits per heavy atom. The molecule has 0 spiro atoms. The molecule has 0 bridgehead atoms. The van der Waals surface area contributed by atoms with Gasteiger partial charge in [-0.3, -0.25) is 0 Å². The molecule has 15 heavy (non-hydrogen) atoms. The summed E-state index contributed by atoms with van der Waals surface area (Å²) in [5.74, 6) is 0. The van der Waals surface area contributed by atoms with E-state index in [1.165, 1.54) is 0 Å². The third-order valence-corrected chi connectivity index (χ3v) is 1.72. The van der Waals surface area contributed by atoms with E-state index in [1.807, 2.05) is 51.1 Å². The fourth-order valence-corrected chi connectivity index (χ4v) is 1.03. The monoisotopic (exact) mass is 206 g/mol. The first-order valence-electron chi connectivity index (χ1n) is 5.03. The van der Waals surface area contributed by atoms with Gasteiger partial charge in [0.25, 0.3) is 0 Å². The van der Waals surface area contributed by atoms with E-state index in [1.54, 1.807) is 0 Å². The molecular formula is C13H18O2. The van der Waals surface area contributed by atoms with Gasteiger partial charge in [0, 0.05) is 0 Å². The van der Waals surface area contributed by atoms with Crippen molar-refractivity contribution in [3.05, 3.63) is 42.5 Å². The van der Waals surface area contributed by atoms with E-state index >= 15 is 0 Å². The third kappa shape index (κ3) is 4.77. The highest BCUT2D eigenvalue weighted by atomic mass is 17.2. The largest absolute Gasteiger partial charge is 0.231 e. The zero-order valence-corrected chi connectivity index (χ0v) is 9.62. The van der Waals surface area contributed by atoms with E-state index in [4.69, 9.17) is 9.78 Å². The van der Waals surface area contributed by atoms with Crippen LogP contribution in [0.5, 0.6) is 0 Å². The first kappa shape index (κ1) is 12.0. The molecule has 0 N–H and O–H groups in total. The molecule has 0 fully saturated rings. The molecule has 0 amide bonds. The molecule has 0 atom stereocenters. The van der Waals surface area contributed by atoms with Crippen LogP contribution in [-0.2, 0) is 9.78 Å². The summed E-state index contributed by atoms with van der Waals surface area (Å²) in [5.41, 5.74) is 1.71. The van der Waals surface area contributed by atoms with Gasteiger partial charge in [0.05, 0.1) is 5.60 Å². The minimum absolute atomic E-state index is 0.281. The maximum Gasteiger partial charge on any atom is 0.107 e. The second kappa shape index (κ2) is 5.10. The van der Waals surface area contributed by atoms with Gasteiger partial charge in [-0.15, -0.1) is 0 Å². The molecule has 2 heteroatoms. The van der Waals surface area contributed by atoms with E-state index in [9.17, 15) is 0 Å². The Hall–Kier alpha value is -1.12. The lowest BCUT2D eigenvalue weighted by molar-refractivity contribution is -0.340. The molecule has 0 aliphatic carbocycles. The molecule has 1 aromatic carbocycles. The van der Waals surface area contributed by atoms with Crippen molar-refractivity contribution < 1.29 is 9.78 Å². The summed E-state index contributed by atoms with van der Waals surface area (Å²) in [7, 11) is 0. The van der Waals surface area contributed by atoms with Crippen molar-refractivity contribution in [1.82, 2.24) is 0 Å². The van der Waals surface area contributed by atoms with E-state index in [0.29, 0.717) is 6.61 Å². The Kier molecular flexibility index (Phi) is 4.06. The maximum absolute atomic E-state index is 5.16. The van der Waals surface area contributed by atoms with Gasteiger partial charge in [0.2, 0.25) is 0 Å². The number of hydrogen-bond acceptors (Lipinski definition) is 2. The summed E-state index contributed by atoms with van der Waals surface area (Å²) in [4.78, 5) is 10.3. The second-order valence-electron chi connectivity index (χ2n) is 4.43. The van der Waals surface area contributed by atoms with Gasteiger partial charge in [0.1, 0.15) is 6.61 Å². The molecule has 0 aliphatic heterocycles. The molecule has 0 aliphatic rings. The average molecular weight is 206 g/mol. The zero-order chi connectivity index (χ0) is 11.3. The van der Waals surface area contributed by atoms with Crippen molar-refractivity contribution in [2.24, 2.45) is 0 Å². The molecule has 0 aromatic heterocycles. The van der Waals surface area contributed by atoms with Crippen LogP contribution >= 0.6 is 0 Å². The normalized spacial score (nSPS) is 11.4. The van der Waals surface area contributed by atoms with Crippen LogP contribution in [0, 0.1) is 0 Å². The third-order valence-electron chi connectivity index (χ3n) is 1.72. The predicted octanol–water partition coefficient (Wildman–Crippen LogP) is 3.45. The van der Waals surface area contributed by atoms with Gasteiger partial charge in [-0.25, -0.2) is 9.78 Å². The van der Waals surface area contributed by atoms with Gasteiger partial charge < -0.3 is 0 Å². The summed E-state index contributed by atoms with van der Waals surface area (Å²) in [6.45, 7) is 10.2. The summed E-state index contributed by atoms with van der Waals surface area (Å²) < 4.78 is 0. The lowest BCUT2D eigenvalue weighted by Gasteiger charge is -2.18. The highest BCUT2D eigenvalue weighted by molar-refractivity contribution is 5.63. The zero-order valence-electron chi connectivity index (χ0n) is 9.62. The minimum atomic E-state index is -0.281. The maximum atomic E-state index is 5.16. The fraction of sp³-hybridized carbons (Fsp3) is 0.385. The Balaban J connectivity index is 2.38. The molecule has 0 heterocycles. The van der Waals surface area contributed by atoms with Crippen molar-refractivity contribution in [2.75, 3.05) is 6.61 Å². The fourth-order valence-electron chi connectivity index (χ4n) is 1.03. The van der Waals surface area contributed by atoms with Gasteiger partial charge in [-0.05, 0) is 31.9 Å². The summed E-state index contributed by atoms with van der Waals surface area (Å²) in [6, 6.07) is 9.94. The predicted molar refractivity (Wildman–Crippen MR) is 62.3 cm³/mol. The Labute approximate surface area is 91.5 Å². The molecule has 82 valence electrons. The van der Waals surface area contributed by atoms with Crippen molar-refractivity contribution in [3.63, 3.8) is 0 Å². The number of benzene rings is 1. The van der Waals surface area contributed by atoms with Crippen molar-refractivity contribution in [2.45, 2.75) is 26.4 Å². The molecule has 0 saturated heterocycles. The first-order chi connectivity index (χ1) is 6.99. The molecule has 0 unspecified atom stereocenters. The Bertz CT molecular complexity index is 309. The van der Waals surface area contributed by atoms with Crippen molar-refractivity contribution in [1.29, 1.82) is 0 Å². The number of rotatable bonds is 4. The van der Waals surface area contributed by atoms with E-state index < -0.39 is 0 Å². The minimum Gasteiger partial charge on any atom is -0.231 e. The van der Waals surface area contributed by atoms with Crippen LogP contribution in [0.3, 0.4) is 0 Å². The van der Waals surface area contributed by atoms with Crippen LogP contribution in [0.25, 0.3) is 5.57 Å². The van der Waals surface area contributed by atoms with Crippen LogP contribution in [0.2, 0.25) is 0 Å². The lowest BCUT2D eigenvalue weighted by atomic mass is 10.1. The van der Waals surface area contributed by atoms with Gasteiger partial charge in [-0.2, -0.15) is 0 Å². The molecular weight excluding hydrogens is 188 g/mol. The highest BCUT2D eigenvalue weighted by Gasteiger charge is 2.11. The van der Waals surface area contributed by atoms with Gasteiger partial charge in [-0.1, -0.05) is 36.9 Å². The van der Waals surface area contributed by atoms with Crippen molar-refractivity contribution in [3.8, 4) is 0 Å². The summed E-state index contributed by atoms with van der Waals surface area (Å²) in [6.07, 6.45) is 0. The van der Waals surface area contributed by atoms with E-state index in [-0.39, 0.29) is 5.60 Å². The topological polar surface area (TPSA) is 18.5 Å². The van der Waals surface area contributed by atoms with Crippen molar-refractivity contribution >= 4 is 5.57 Å². The van der Waals surface area contributed by atoms with E-state index in [0.717, 1.165) is 11.1 Å². The standard InChI is InChI=1S/C13H18O2/c1-11(10-14-15-13(2,3)4)12-8-6-5-7-9-12/h5-9H,1,10H2,2-4H3. The molecule has 1 rings (SSSR count). The van der Waals surface area contributed by atoms with Crippen LogP contribution < -0.4 is 0 Å². The molecule has 1 aromatic rings. The average Bonchev–Trinajstić information content (AvgIpc) is 2.17. The Morgan fingerprint density at radius 2 is 1.80 bits per heavy atom. The van der Waals surface area contributed by atoms with E-state index in [2.05, 4.69) is 6.58 Å². The SMILES string of the molecule is C=C(COOC(C)(C)C)c1ccccc1. The van der Waals surface area contributed by atoms with Gasteiger partial charge in [0.15, 0.2) is 0 Å². The quantitative estimate of drug-likeness (QED) is 0.555. The second-order valence-corrected chi connectivity index (χ2v) is 4.43. The lowest BCUT2D eigenvalue weighted by Crippen LogP contribution is -2.19. The Morgan fingerprint density at radius 1 is 1.20 bits per heavy atom. The summed E-state index contributed by atoms with van der Waals surface area (Å²) >= 11 is 0. The molecule has 2 nitrogen and oxygen atoms in total. The molecule has 0 radical (unpaired) electrons. The smallest absolute Gasteiger partial charge is 0.107 e. The van der Waals surface area contributed by atoms with Crippen LogP contribution in [-0.4, -0.2) is 12.2 Å². The first-order valence-corrected chi connectivity index (χ1v) is 5.03. The summed E-state index contributed by atoms with van der Waals surface area (Å²) in [5, 5.41) is 0. The molecule has 0 saturated carbocycles. The van der Waals surface area contributed by atoms with Crippen LogP contribution in [0.1, 0.15) is 26.3 Å². The van der Waals surface area contributed by atoms with Crippen LogP contribution in [0.15, 0.2) is 36.9 Å².